The Morgan fingerprint density at radius 2 is 1.38 bits per heavy atom. The summed E-state index contributed by atoms with van der Waals surface area (Å²) in [7, 11) is 0. The zero-order valence-electron chi connectivity index (χ0n) is 14.1. The van der Waals surface area contributed by atoms with E-state index >= 15 is 0 Å². The Kier molecular flexibility index (Phi) is 6.13. The molecule has 0 saturated heterocycles. The van der Waals surface area contributed by atoms with E-state index in [1.807, 2.05) is 43.3 Å². The summed E-state index contributed by atoms with van der Waals surface area (Å²) in [5.74, 6) is -1.01. The quantitative estimate of drug-likeness (QED) is 0.822. The van der Waals surface area contributed by atoms with Gasteiger partial charge in [0.1, 0.15) is 0 Å². The number of nitrogens with two attached hydrogens (primary N) is 1. The second kappa shape index (κ2) is 8.29. The minimum atomic E-state index is -0.465. The molecule has 0 unspecified atom stereocenters. The number of rotatable bonds is 7. The maximum absolute atomic E-state index is 12.3. The molecule has 4 nitrogen and oxygen atoms in total. The molecule has 2 amide bonds. The second-order valence-corrected chi connectivity index (χ2v) is 6.17. The lowest BCUT2D eigenvalue weighted by molar-refractivity contribution is -0.129. The Balaban J connectivity index is 2.21. The first-order valence-corrected chi connectivity index (χ1v) is 8.17. The summed E-state index contributed by atoms with van der Waals surface area (Å²) < 4.78 is 0. The van der Waals surface area contributed by atoms with E-state index in [1.165, 1.54) is 0 Å². The third kappa shape index (κ3) is 4.69. The summed E-state index contributed by atoms with van der Waals surface area (Å²) in [5.41, 5.74) is 7.46. The Morgan fingerprint density at radius 3 is 1.79 bits per heavy atom. The molecule has 0 spiro atoms. The number of carbonyl (C=O) groups excluding carboxylic acids is 2. The van der Waals surface area contributed by atoms with Gasteiger partial charge in [-0.1, -0.05) is 67.6 Å². The van der Waals surface area contributed by atoms with Crippen LogP contribution >= 0.6 is 0 Å². The molecule has 4 heteroatoms. The molecule has 24 heavy (non-hydrogen) atoms. The standard InChI is InChI=1S/C20H24N2O2/c1-14(13-18(21)23)20(24)22-15(2)19(16-9-5-3-6-10-16)17-11-7-4-8-12-17/h3-12,14-15,19H,13H2,1-2H3,(H2,21,23)(H,22,24)/t14-,15+/m0/s1. The van der Waals surface area contributed by atoms with Crippen LogP contribution in [0, 0.1) is 5.92 Å². The van der Waals surface area contributed by atoms with Gasteiger partial charge in [0.15, 0.2) is 0 Å². The highest BCUT2D eigenvalue weighted by Gasteiger charge is 2.25. The molecular weight excluding hydrogens is 300 g/mol. The van der Waals surface area contributed by atoms with Crippen LogP contribution in [0.15, 0.2) is 60.7 Å². The number of hydrogen-bond donors (Lipinski definition) is 2. The zero-order valence-corrected chi connectivity index (χ0v) is 14.1. The number of carbonyl (C=O) groups is 2. The van der Waals surface area contributed by atoms with Crippen LogP contribution in [0.4, 0.5) is 0 Å². The fourth-order valence-electron chi connectivity index (χ4n) is 2.94. The van der Waals surface area contributed by atoms with Gasteiger partial charge in [0.05, 0.1) is 0 Å². The van der Waals surface area contributed by atoms with Crippen LogP contribution in [0.25, 0.3) is 0 Å². The van der Waals surface area contributed by atoms with Crippen molar-refractivity contribution in [2.75, 3.05) is 0 Å². The van der Waals surface area contributed by atoms with E-state index in [-0.39, 0.29) is 24.3 Å². The van der Waals surface area contributed by atoms with Gasteiger partial charge >= 0.3 is 0 Å². The maximum atomic E-state index is 12.3. The number of amides is 2. The number of nitrogens with one attached hydrogen (secondary N) is 1. The molecule has 2 aromatic carbocycles. The monoisotopic (exact) mass is 324 g/mol. The summed E-state index contributed by atoms with van der Waals surface area (Å²) in [4.78, 5) is 23.4. The predicted molar refractivity (Wildman–Crippen MR) is 95.3 cm³/mol. The number of hydrogen-bond acceptors (Lipinski definition) is 2. The summed E-state index contributed by atoms with van der Waals surface area (Å²) >= 11 is 0. The predicted octanol–water partition coefficient (Wildman–Crippen LogP) is 2.83. The normalized spacial score (nSPS) is 13.3. The first kappa shape index (κ1) is 17.7. The van der Waals surface area contributed by atoms with Gasteiger partial charge in [0, 0.05) is 24.3 Å². The van der Waals surface area contributed by atoms with Crippen LogP contribution in [0.1, 0.15) is 37.3 Å². The minimum absolute atomic E-state index is 0.0390. The van der Waals surface area contributed by atoms with Gasteiger partial charge in [0.25, 0.3) is 0 Å². The fraction of sp³-hybridized carbons (Fsp3) is 0.300. The lowest BCUT2D eigenvalue weighted by Crippen LogP contribution is -2.41. The van der Waals surface area contributed by atoms with E-state index in [0.29, 0.717) is 0 Å². The molecule has 0 fully saturated rings. The van der Waals surface area contributed by atoms with Gasteiger partial charge in [-0.05, 0) is 18.1 Å². The van der Waals surface area contributed by atoms with Crippen molar-refractivity contribution < 1.29 is 9.59 Å². The summed E-state index contributed by atoms with van der Waals surface area (Å²) in [5, 5.41) is 3.04. The van der Waals surface area contributed by atoms with Crippen molar-refractivity contribution >= 4 is 11.8 Å². The van der Waals surface area contributed by atoms with Crippen molar-refractivity contribution in [2.24, 2.45) is 11.7 Å². The lowest BCUT2D eigenvalue weighted by atomic mass is 9.85. The van der Waals surface area contributed by atoms with Crippen LogP contribution in [0.3, 0.4) is 0 Å². The average Bonchev–Trinajstić information content (AvgIpc) is 2.56. The summed E-state index contributed by atoms with van der Waals surface area (Å²) in [6, 6.07) is 20.1. The Morgan fingerprint density at radius 1 is 0.917 bits per heavy atom. The first-order chi connectivity index (χ1) is 11.5. The van der Waals surface area contributed by atoms with E-state index in [0.717, 1.165) is 11.1 Å². The van der Waals surface area contributed by atoms with Crippen LogP contribution in [-0.2, 0) is 9.59 Å². The molecule has 2 rings (SSSR count). The van der Waals surface area contributed by atoms with Crippen molar-refractivity contribution in [1.29, 1.82) is 0 Å². The van der Waals surface area contributed by atoms with Crippen LogP contribution in [0.2, 0.25) is 0 Å². The van der Waals surface area contributed by atoms with Gasteiger partial charge in [-0.2, -0.15) is 0 Å². The summed E-state index contributed by atoms with van der Waals surface area (Å²) in [6.45, 7) is 3.70. The molecule has 2 aromatic rings. The van der Waals surface area contributed by atoms with Crippen LogP contribution in [0.5, 0.6) is 0 Å². The molecule has 0 aliphatic carbocycles. The third-order valence-corrected chi connectivity index (χ3v) is 4.14. The van der Waals surface area contributed by atoms with Gasteiger partial charge < -0.3 is 11.1 Å². The van der Waals surface area contributed by atoms with Gasteiger partial charge in [-0.25, -0.2) is 0 Å². The van der Waals surface area contributed by atoms with Crippen LogP contribution in [-0.4, -0.2) is 17.9 Å². The topological polar surface area (TPSA) is 72.2 Å². The molecular formula is C20H24N2O2. The Bertz CT molecular complexity index is 631. The second-order valence-electron chi connectivity index (χ2n) is 6.17. The minimum Gasteiger partial charge on any atom is -0.370 e. The third-order valence-electron chi connectivity index (χ3n) is 4.14. The van der Waals surface area contributed by atoms with E-state index in [1.54, 1.807) is 6.92 Å². The molecule has 0 radical (unpaired) electrons. The van der Waals surface area contributed by atoms with E-state index in [4.69, 9.17) is 5.73 Å². The molecule has 0 aliphatic rings. The van der Waals surface area contributed by atoms with Gasteiger partial charge in [-0.3, -0.25) is 9.59 Å². The molecule has 0 aromatic heterocycles. The van der Waals surface area contributed by atoms with Crippen molar-refractivity contribution in [1.82, 2.24) is 5.32 Å². The van der Waals surface area contributed by atoms with Crippen molar-refractivity contribution in [3.05, 3.63) is 71.8 Å². The zero-order chi connectivity index (χ0) is 17.5. The highest BCUT2D eigenvalue weighted by molar-refractivity contribution is 5.85. The van der Waals surface area contributed by atoms with Crippen molar-refractivity contribution in [3.8, 4) is 0 Å². The Labute approximate surface area is 143 Å². The molecule has 0 saturated carbocycles. The van der Waals surface area contributed by atoms with Gasteiger partial charge in [0.2, 0.25) is 11.8 Å². The van der Waals surface area contributed by atoms with Crippen molar-refractivity contribution in [2.45, 2.75) is 32.2 Å². The fourth-order valence-corrected chi connectivity index (χ4v) is 2.94. The van der Waals surface area contributed by atoms with Gasteiger partial charge in [-0.15, -0.1) is 0 Å². The highest BCUT2D eigenvalue weighted by Crippen LogP contribution is 2.28. The van der Waals surface area contributed by atoms with E-state index in [9.17, 15) is 9.59 Å². The molecule has 2 atom stereocenters. The largest absolute Gasteiger partial charge is 0.370 e. The van der Waals surface area contributed by atoms with E-state index in [2.05, 4.69) is 29.6 Å². The molecule has 126 valence electrons. The number of primary amides is 1. The lowest BCUT2D eigenvalue weighted by Gasteiger charge is -2.27. The molecule has 0 aliphatic heterocycles. The smallest absolute Gasteiger partial charge is 0.223 e. The SMILES string of the molecule is C[C@@H](CC(N)=O)C(=O)N[C@H](C)C(c1ccccc1)c1ccccc1. The summed E-state index contributed by atoms with van der Waals surface area (Å²) in [6.07, 6.45) is 0.0555. The molecule has 0 heterocycles. The number of benzene rings is 2. The maximum Gasteiger partial charge on any atom is 0.223 e. The van der Waals surface area contributed by atoms with E-state index < -0.39 is 11.8 Å². The van der Waals surface area contributed by atoms with Crippen molar-refractivity contribution in [3.63, 3.8) is 0 Å². The van der Waals surface area contributed by atoms with Crippen LogP contribution < -0.4 is 11.1 Å². The molecule has 3 N–H and O–H groups in total. The molecule has 0 bridgehead atoms. The Hall–Kier alpha value is -2.62. The first-order valence-electron chi connectivity index (χ1n) is 8.17. The highest BCUT2D eigenvalue weighted by atomic mass is 16.2. The average molecular weight is 324 g/mol.